The molecule has 0 bridgehead atoms. The van der Waals surface area contributed by atoms with Gasteiger partial charge < -0.3 is 13.9 Å². The Labute approximate surface area is 143 Å². The molecule has 0 radical (unpaired) electrons. The Kier molecular flexibility index (Phi) is 5.03. The maximum atomic E-state index is 12.6. The van der Waals surface area contributed by atoms with Gasteiger partial charge in [0.1, 0.15) is 5.76 Å². The molecule has 1 fully saturated rings. The van der Waals surface area contributed by atoms with Crippen LogP contribution in [0.3, 0.4) is 0 Å². The Morgan fingerprint density at radius 3 is 3.04 bits per heavy atom. The van der Waals surface area contributed by atoms with Gasteiger partial charge in [0.25, 0.3) is 5.91 Å². The number of carbonyl (C=O) groups excluding carboxylic acids is 1. The van der Waals surface area contributed by atoms with Crippen LogP contribution in [-0.2, 0) is 12.8 Å². The lowest BCUT2D eigenvalue weighted by Crippen LogP contribution is -2.47. The van der Waals surface area contributed by atoms with Crippen molar-refractivity contribution >= 4 is 29.4 Å². The predicted octanol–water partition coefficient (Wildman–Crippen LogP) is 2.50. The first kappa shape index (κ1) is 16.1. The van der Waals surface area contributed by atoms with Crippen LogP contribution in [0.25, 0.3) is 0 Å². The summed E-state index contributed by atoms with van der Waals surface area (Å²) in [6.07, 6.45) is 9.04. The van der Waals surface area contributed by atoms with Gasteiger partial charge in [-0.1, -0.05) is 17.7 Å². The molecular formula is C16H17N3O2S2. The topological polar surface area (TPSA) is 51.3 Å². The number of carbonyl (C=O) groups is 1. The van der Waals surface area contributed by atoms with Crippen molar-refractivity contribution in [1.82, 2.24) is 14.5 Å². The molecule has 23 heavy (non-hydrogen) atoms. The highest BCUT2D eigenvalue weighted by Gasteiger charge is 2.30. The zero-order chi connectivity index (χ0) is 16.2. The first-order chi connectivity index (χ1) is 11.2. The van der Waals surface area contributed by atoms with Crippen molar-refractivity contribution in [2.24, 2.45) is 7.05 Å². The van der Waals surface area contributed by atoms with Gasteiger partial charge in [0.05, 0.1) is 18.3 Å². The van der Waals surface area contributed by atoms with E-state index in [4.69, 9.17) is 10.8 Å². The van der Waals surface area contributed by atoms with Crippen molar-refractivity contribution in [1.29, 1.82) is 0 Å². The zero-order valence-corrected chi connectivity index (χ0v) is 14.4. The molecule has 0 N–H and O–H groups in total. The fourth-order valence-electron chi connectivity index (χ4n) is 2.21. The van der Waals surface area contributed by atoms with E-state index in [-0.39, 0.29) is 11.9 Å². The molecule has 1 saturated heterocycles. The highest BCUT2D eigenvalue weighted by molar-refractivity contribution is 8.00. The molecule has 0 unspecified atom stereocenters. The van der Waals surface area contributed by atoms with Crippen molar-refractivity contribution in [2.45, 2.75) is 17.0 Å². The van der Waals surface area contributed by atoms with Crippen LogP contribution in [0, 0.1) is 12.3 Å². The van der Waals surface area contributed by atoms with Crippen molar-refractivity contribution in [3.63, 3.8) is 0 Å². The second kappa shape index (κ2) is 7.20. The minimum absolute atomic E-state index is 0.124. The first-order valence-corrected chi connectivity index (χ1v) is 9.34. The van der Waals surface area contributed by atoms with Gasteiger partial charge in [0.2, 0.25) is 0 Å². The molecular weight excluding hydrogens is 330 g/mol. The monoisotopic (exact) mass is 347 g/mol. The van der Waals surface area contributed by atoms with E-state index in [1.54, 1.807) is 28.9 Å². The van der Waals surface area contributed by atoms with Gasteiger partial charge in [-0.15, -0.1) is 6.42 Å². The standard InChI is InChI=1S/C16H17N3O2S2/c1-3-7-19(12-9-22-10-12)15(20)14-5-4-13(21-14)11-23-16-17-6-8-18(16)2/h1,4-6,8,12H,7,9-11H2,2H3. The zero-order valence-electron chi connectivity index (χ0n) is 12.8. The molecule has 1 amide bonds. The Morgan fingerprint density at radius 1 is 1.61 bits per heavy atom. The summed E-state index contributed by atoms with van der Waals surface area (Å²) in [5.74, 6) is 6.06. The lowest BCUT2D eigenvalue weighted by Gasteiger charge is -2.35. The van der Waals surface area contributed by atoms with Crippen LogP contribution in [0.1, 0.15) is 16.3 Å². The average Bonchev–Trinajstić information content (AvgIpc) is 3.11. The van der Waals surface area contributed by atoms with E-state index >= 15 is 0 Å². The number of nitrogens with zero attached hydrogens (tertiary/aromatic N) is 3. The second-order valence-electron chi connectivity index (χ2n) is 5.20. The summed E-state index contributed by atoms with van der Waals surface area (Å²) in [6.45, 7) is 0.322. The molecule has 3 heterocycles. The minimum atomic E-state index is -0.124. The van der Waals surface area contributed by atoms with E-state index in [2.05, 4.69) is 10.9 Å². The van der Waals surface area contributed by atoms with Gasteiger partial charge >= 0.3 is 0 Å². The van der Waals surface area contributed by atoms with Gasteiger partial charge in [-0.05, 0) is 12.1 Å². The molecule has 0 aliphatic carbocycles. The van der Waals surface area contributed by atoms with E-state index in [0.29, 0.717) is 18.1 Å². The van der Waals surface area contributed by atoms with E-state index in [1.165, 1.54) is 0 Å². The fraction of sp³-hybridized carbons (Fsp3) is 0.375. The fourth-order valence-corrected chi connectivity index (χ4v) is 3.84. The van der Waals surface area contributed by atoms with Gasteiger partial charge in [-0.2, -0.15) is 11.8 Å². The lowest BCUT2D eigenvalue weighted by atomic mass is 10.2. The molecule has 120 valence electrons. The number of terminal acetylenes is 1. The number of thioether (sulfide) groups is 2. The van der Waals surface area contributed by atoms with Crippen LogP contribution in [0.4, 0.5) is 0 Å². The Bertz CT molecular complexity index is 728. The van der Waals surface area contributed by atoms with Crippen molar-refractivity contribution in [3.8, 4) is 12.3 Å². The highest BCUT2D eigenvalue weighted by atomic mass is 32.2. The van der Waals surface area contributed by atoms with Crippen molar-refractivity contribution in [2.75, 3.05) is 18.1 Å². The largest absolute Gasteiger partial charge is 0.455 e. The molecule has 2 aromatic heterocycles. The molecule has 3 rings (SSSR count). The van der Waals surface area contributed by atoms with Gasteiger partial charge in [0.15, 0.2) is 10.9 Å². The number of rotatable bonds is 6. The molecule has 0 aromatic carbocycles. The number of aromatic nitrogens is 2. The Morgan fingerprint density at radius 2 is 2.43 bits per heavy atom. The third-order valence-electron chi connectivity index (χ3n) is 3.58. The normalized spacial score (nSPS) is 14.3. The highest BCUT2D eigenvalue weighted by Crippen LogP contribution is 2.26. The average molecular weight is 347 g/mol. The van der Waals surface area contributed by atoms with E-state index in [0.717, 1.165) is 22.4 Å². The summed E-state index contributed by atoms with van der Waals surface area (Å²) in [6, 6.07) is 3.79. The van der Waals surface area contributed by atoms with Crippen molar-refractivity contribution < 1.29 is 9.21 Å². The molecule has 1 aliphatic heterocycles. The van der Waals surface area contributed by atoms with Crippen LogP contribution >= 0.6 is 23.5 Å². The molecule has 0 spiro atoms. The third-order valence-corrected chi connectivity index (χ3v) is 5.90. The quantitative estimate of drug-likeness (QED) is 0.594. The number of hydrogen-bond acceptors (Lipinski definition) is 5. The smallest absolute Gasteiger partial charge is 0.290 e. The second-order valence-corrected chi connectivity index (χ2v) is 7.22. The first-order valence-electron chi connectivity index (χ1n) is 7.20. The summed E-state index contributed by atoms with van der Waals surface area (Å²) in [5, 5.41) is 0.912. The Balaban J connectivity index is 1.64. The van der Waals surface area contributed by atoms with Crippen LogP contribution in [0.15, 0.2) is 34.1 Å². The lowest BCUT2D eigenvalue weighted by molar-refractivity contribution is 0.0697. The molecule has 5 nitrogen and oxygen atoms in total. The summed E-state index contributed by atoms with van der Waals surface area (Å²) < 4.78 is 7.65. The summed E-state index contributed by atoms with van der Waals surface area (Å²) >= 11 is 3.39. The molecule has 2 aromatic rings. The Hall–Kier alpha value is -1.78. The van der Waals surface area contributed by atoms with E-state index in [9.17, 15) is 4.79 Å². The van der Waals surface area contributed by atoms with Crippen molar-refractivity contribution in [3.05, 3.63) is 36.0 Å². The summed E-state index contributed by atoms with van der Waals surface area (Å²) in [4.78, 5) is 18.6. The number of imidazole rings is 1. The van der Waals surface area contributed by atoms with Crippen LogP contribution in [-0.4, -0.2) is 44.5 Å². The van der Waals surface area contributed by atoms with E-state index < -0.39 is 0 Å². The molecule has 7 heteroatoms. The minimum Gasteiger partial charge on any atom is -0.455 e. The van der Waals surface area contributed by atoms with Gasteiger partial charge in [0, 0.05) is 30.9 Å². The molecule has 0 atom stereocenters. The predicted molar refractivity (Wildman–Crippen MR) is 92.5 cm³/mol. The molecule has 0 saturated carbocycles. The van der Waals surface area contributed by atoms with Gasteiger partial charge in [-0.25, -0.2) is 4.98 Å². The third kappa shape index (κ3) is 3.59. The number of aryl methyl sites for hydroxylation is 1. The number of furan rings is 1. The number of hydrogen-bond donors (Lipinski definition) is 0. The summed E-state index contributed by atoms with van der Waals surface area (Å²) in [7, 11) is 1.95. The van der Waals surface area contributed by atoms with E-state index in [1.807, 2.05) is 35.6 Å². The van der Waals surface area contributed by atoms with Crippen LogP contribution in [0.5, 0.6) is 0 Å². The maximum absolute atomic E-state index is 12.6. The number of amides is 1. The van der Waals surface area contributed by atoms with Crippen LogP contribution < -0.4 is 0 Å². The maximum Gasteiger partial charge on any atom is 0.290 e. The summed E-state index contributed by atoms with van der Waals surface area (Å²) in [5.41, 5.74) is 0. The SMILES string of the molecule is C#CCN(C(=O)c1ccc(CSc2nccn2C)o1)C1CSC1. The molecule has 1 aliphatic rings. The van der Waals surface area contributed by atoms with Crippen LogP contribution in [0.2, 0.25) is 0 Å². The van der Waals surface area contributed by atoms with Gasteiger partial charge in [-0.3, -0.25) is 4.79 Å².